The van der Waals surface area contributed by atoms with Crippen molar-refractivity contribution in [1.82, 2.24) is 25.1 Å². The van der Waals surface area contributed by atoms with Crippen LogP contribution in [-0.4, -0.2) is 73.8 Å². The summed E-state index contributed by atoms with van der Waals surface area (Å²) < 4.78 is 3.05. The smallest absolute Gasteiger partial charge is 0.329 e. The number of carbonyl (C=O) groups is 7. The first-order valence-electron chi connectivity index (χ1n) is 23.6. The molecule has 8 N–H and O–H groups in total. The summed E-state index contributed by atoms with van der Waals surface area (Å²) in [7, 11) is 1.70. The van der Waals surface area contributed by atoms with Gasteiger partial charge in [-0.15, -0.1) is 0 Å². The molecule has 4 heterocycles. The highest BCUT2D eigenvalue weighted by atomic mass is 16.4. The molecule has 0 saturated carbocycles. The molecule has 0 aliphatic carbocycles. The molecular formula is C52H60N8O9. The van der Waals surface area contributed by atoms with Crippen LogP contribution < -0.4 is 38.0 Å². The molecule has 362 valence electrons. The Balaban J connectivity index is 0.00000169. The monoisotopic (exact) mass is 940 g/mol. The van der Waals surface area contributed by atoms with E-state index < -0.39 is 59.8 Å². The molecule has 4 aromatic carbocycles. The number of aryl methyl sites for hydroxylation is 4. The van der Waals surface area contributed by atoms with Gasteiger partial charge < -0.3 is 27.2 Å². The quantitative estimate of drug-likeness (QED) is 0.0578. The van der Waals surface area contributed by atoms with Gasteiger partial charge in [-0.3, -0.25) is 52.9 Å². The SMILES string of the molecule is CC(=O)O.Cn1c(=O)n(C2CCC(=O)NC2=O)c2ccc(CCCCCCc3cc4c5c(c3)C[C@@H](C(=O)N[C@@H](CCC(N)=O)C(=O)NC(c3ccccc3)c3ccccc3)N5C(=O)[C@@H](N)CC4)cc21. The van der Waals surface area contributed by atoms with Crippen LogP contribution in [0.15, 0.2) is 95.8 Å². The zero-order chi connectivity index (χ0) is 49.4. The molecular weight excluding hydrogens is 881 g/mol. The second kappa shape index (κ2) is 22.1. The molecule has 69 heavy (non-hydrogen) atoms. The van der Waals surface area contributed by atoms with Gasteiger partial charge in [0.25, 0.3) is 5.97 Å². The number of aromatic nitrogens is 2. The molecule has 17 heteroatoms. The molecule has 6 amide bonds. The van der Waals surface area contributed by atoms with E-state index in [-0.39, 0.29) is 49.6 Å². The van der Waals surface area contributed by atoms with Gasteiger partial charge >= 0.3 is 5.69 Å². The Kier molecular flexibility index (Phi) is 15.9. The Bertz CT molecular complexity index is 2760. The third-order valence-corrected chi connectivity index (χ3v) is 13.1. The number of nitrogens with one attached hydrogen (secondary N) is 3. The normalized spacial score (nSPS) is 17.9. The molecule has 1 fully saturated rings. The third kappa shape index (κ3) is 11.7. The highest BCUT2D eigenvalue weighted by molar-refractivity contribution is 6.07. The van der Waals surface area contributed by atoms with Gasteiger partial charge in [-0.1, -0.05) is 91.7 Å². The lowest BCUT2D eigenvalue weighted by atomic mass is 9.95. The fourth-order valence-electron chi connectivity index (χ4n) is 9.70. The Morgan fingerprint density at radius 2 is 1.41 bits per heavy atom. The zero-order valence-corrected chi connectivity index (χ0v) is 38.9. The van der Waals surface area contributed by atoms with E-state index in [1.54, 1.807) is 11.6 Å². The number of fused-ring (bicyclic) bond motifs is 1. The highest BCUT2D eigenvalue weighted by Crippen LogP contribution is 2.40. The van der Waals surface area contributed by atoms with Gasteiger partial charge in [-0.05, 0) is 96.9 Å². The van der Waals surface area contributed by atoms with Gasteiger partial charge in [0.15, 0.2) is 0 Å². The Hall–Kier alpha value is -7.40. The van der Waals surface area contributed by atoms with Crippen LogP contribution in [0.25, 0.3) is 11.0 Å². The van der Waals surface area contributed by atoms with Crippen LogP contribution in [0.5, 0.6) is 0 Å². The van der Waals surface area contributed by atoms with E-state index in [0.717, 1.165) is 90.0 Å². The second-order valence-corrected chi connectivity index (χ2v) is 18.1. The number of amides is 6. The van der Waals surface area contributed by atoms with Crippen LogP contribution in [0, 0.1) is 0 Å². The number of imidazole rings is 1. The summed E-state index contributed by atoms with van der Waals surface area (Å²) in [5.74, 6) is -3.54. The van der Waals surface area contributed by atoms with Crippen molar-refractivity contribution in [3.63, 3.8) is 0 Å². The maximum atomic E-state index is 14.3. The number of rotatable bonds is 17. The van der Waals surface area contributed by atoms with Gasteiger partial charge in [0, 0.05) is 33.2 Å². The largest absolute Gasteiger partial charge is 0.481 e. The Labute approximate surface area is 399 Å². The zero-order valence-electron chi connectivity index (χ0n) is 38.9. The van der Waals surface area contributed by atoms with Crippen LogP contribution in [-0.2, 0) is 66.3 Å². The highest BCUT2D eigenvalue weighted by Gasteiger charge is 2.44. The minimum absolute atomic E-state index is 0.0252. The van der Waals surface area contributed by atoms with E-state index in [1.165, 1.54) is 9.47 Å². The summed E-state index contributed by atoms with van der Waals surface area (Å²) in [6.45, 7) is 1.08. The number of aliphatic carboxylic acids is 1. The van der Waals surface area contributed by atoms with Crippen LogP contribution in [0.4, 0.5) is 5.69 Å². The standard InChI is InChI=1S/C50H56N8O7.C2H4O2/c1-56-40-28-30(18-22-38(40)57(50(56)65)39-23-25-43(60)54-47(39)62)12-6-2-3-7-13-31-26-34-19-20-36(51)49(64)58-41(29-35(27-31)45(34)58)48(63)53-37(21-24-42(52)59)46(61)55-44(32-14-8-4-9-15-32)33-16-10-5-11-17-33;1-2(3)4/h4-5,8-11,14-18,22,26-28,36-37,39,41,44H,2-3,6-7,12-13,19-21,23-25,29,51H2,1H3,(H2,52,59)(H,53,63)(H,55,61)(H,54,60,62);1H3,(H,3,4)/t36-,37-,39?,41-;/m0./s1. The minimum Gasteiger partial charge on any atom is -0.481 e. The third-order valence-electron chi connectivity index (χ3n) is 13.1. The number of piperidine rings is 1. The van der Waals surface area contributed by atoms with E-state index in [1.807, 2.05) is 78.9 Å². The lowest BCUT2D eigenvalue weighted by Crippen LogP contribution is -2.56. The van der Waals surface area contributed by atoms with E-state index in [0.29, 0.717) is 18.4 Å². The number of nitrogens with zero attached hydrogens (tertiary/aromatic N) is 3. The maximum Gasteiger partial charge on any atom is 0.329 e. The number of benzene rings is 4. The predicted molar refractivity (Wildman–Crippen MR) is 259 cm³/mol. The van der Waals surface area contributed by atoms with Crippen LogP contribution >= 0.6 is 0 Å². The molecule has 17 nitrogen and oxygen atoms in total. The average molecular weight is 941 g/mol. The number of imide groups is 1. The number of hydrogen-bond donors (Lipinski definition) is 6. The van der Waals surface area contributed by atoms with Crippen LogP contribution in [0.2, 0.25) is 0 Å². The van der Waals surface area contributed by atoms with Crippen molar-refractivity contribution in [3.05, 3.63) is 135 Å². The summed E-state index contributed by atoms with van der Waals surface area (Å²) in [6, 6.07) is 25.0. The van der Waals surface area contributed by atoms with E-state index in [2.05, 4.69) is 28.1 Å². The first kappa shape index (κ1) is 49.5. The van der Waals surface area contributed by atoms with E-state index in [9.17, 15) is 33.6 Å². The summed E-state index contributed by atoms with van der Waals surface area (Å²) in [4.78, 5) is 102. The lowest BCUT2D eigenvalue weighted by molar-refractivity contribution is -0.136. The van der Waals surface area contributed by atoms with Crippen molar-refractivity contribution in [3.8, 4) is 0 Å². The van der Waals surface area contributed by atoms with Crippen molar-refractivity contribution >= 4 is 58.1 Å². The number of primary amides is 1. The lowest BCUT2D eigenvalue weighted by Gasteiger charge is -2.29. The molecule has 4 atom stereocenters. The molecule has 3 aliphatic rings. The summed E-state index contributed by atoms with van der Waals surface area (Å²) in [5.41, 5.74) is 19.6. The van der Waals surface area contributed by atoms with Gasteiger partial charge in [-0.25, -0.2) is 4.79 Å². The molecule has 1 unspecified atom stereocenters. The van der Waals surface area contributed by atoms with Crippen molar-refractivity contribution in [2.75, 3.05) is 4.90 Å². The van der Waals surface area contributed by atoms with Crippen molar-refractivity contribution in [1.29, 1.82) is 0 Å². The number of carboxylic acids is 1. The molecule has 0 spiro atoms. The number of unbranched alkanes of at least 4 members (excludes halogenated alkanes) is 3. The summed E-state index contributed by atoms with van der Waals surface area (Å²) >= 11 is 0. The first-order chi connectivity index (χ1) is 33.1. The predicted octanol–water partition coefficient (Wildman–Crippen LogP) is 3.94. The molecule has 0 bridgehead atoms. The van der Waals surface area contributed by atoms with Crippen molar-refractivity contribution in [2.24, 2.45) is 18.5 Å². The van der Waals surface area contributed by atoms with Crippen molar-refractivity contribution in [2.45, 2.75) is 121 Å². The summed E-state index contributed by atoms with van der Waals surface area (Å²) in [6.07, 6.45) is 7.13. The maximum absolute atomic E-state index is 14.3. The fourth-order valence-corrected chi connectivity index (χ4v) is 9.70. The second-order valence-electron chi connectivity index (χ2n) is 18.1. The fraction of sp³-hybridized carbons (Fsp3) is 0.385. The van der Waals surface area contributed by atoms with Gasteiger partial charge in [0.1, 0.15) is 18.1 Å². The molecule has 1 aromatic heterocycles. The molecule has 0 radical (unpaired) electrons. The van der Waals surface area contributed by atoms with Crippen LogP contribution in [0.3, 0.4) is 0 Å². The minimum atomic E-state index is -1.11. The first-order valence-corrected chi connectivity index (χ1v) is 23.6. The Morgan fingerprint density at radius 3 is 2.03 bits per heavy atom. The topological polar surface area (TPSA) is 258 Å². The average Bonchev–Trinajstić information content (AvgIpc) is 3.79. The van der Waals surface area contributed by atoms with Crippen LogP contribution in [0.1, 0.15) is 110 Å². The number of carboxylic acid groups (broad SMARTS) is 1. The van der Waals surface area contributed by atoms with Gasteiger partial charge in [0.2, 0.25) is 35.4 Å². The number of carbonyl (C=O) groups excluding carboxylic acids is 6. The molecule has 8 rings (SSSR count). The van der Waals surface area contributed by atoms with E-state index >= 15 is 0 Å². The number of anilines is 1. The number of nitrogens with two attached hydrogens (primary N) is 2. The Morgan fingerprint density at radius 1 is 0.783 bits per heavy atom. The van der Waals surface area contributed by atoms with Gasteiger partial charge in [-0.2, -0.15) is 0 Å². The molecule has 3 aliphatic heterocycles. The van der Waals surface area contributed by atoms with Gasteiger partial charge in [0.05, 0.1) is 28.8 Å². The molecule has 5 aromatic rings. The van der Waals surface area contributed by atoms with Crippen molar-refractivity contribution < 1.29 is 38.7 Å². The number of hydrogen-bond acceptors (Lipinski definition) is 9. The van der Waals surface area contributed by atoms with E-state index in [4.69, 9.17) is 21.4 Å². The molecule has 1 saturated heterocycles. The summed E-state index contributed by atoms with van der Waals surface area (Å²) in [5, 5.41) is 15.8.